The van der Waals surface area contributed by atoms with E-state index in [0.29, 0.717) is 19.8 Å². The Morgan fingerprint density at radius 1 is 1.35 bits per heavy atom. The third kappa shape index (κ3) is 3.71. The average molecular weight is 278 g/mol. The van der Waals surface area contributed by atoms with Crippen molar-refractivity contribution >= 4 is 11.6 Å². The number of carbonyl (C=O) groups excluding carboxylic acids is 1. The highest BCUT2D eigenvalue weighted by Crippen LogP contribution is 2.19. The van der Waals surface area contributed by atoms with E-state index in [1.54, 1.807) is 0 Å². The van der Waals surface area contributed by atoms with Crippen LogP contribution in [-0.2, 0) is 9.53 Å². The van der Waals surface area contributed by atoms with E-state index in [-0.39, 0.29) is 17.9 Å². The Kier molecular flexibility index (Phi) is 5.38. The monoisotopic (exact) mass is 278 g/mol. The molecule has 1 aliphatic heterocycles. The van der Waals surface area contributed by atoms with Gasteiger partial charge in [-0.25, -0.2) is 0 Å². The van der Waals surface area contributed by atoms with E-state index in [0.717, 1.165) is 17.9 Å². The van der Waals surface area contributed by atoms with Crippen LogP contribution in [0.15, 0.2) is 24.3 Å². The number of hydrogen-bond acceptors (Lipinski definition) is 4. The Morgan fingerprint density at radius 3 is 2.75 bits per heavy atom. The molecule has 1 aliphatic rings. The highest BCUT2D eigenvalue weighted by Gasteiger charge is 2.32. The number of nitrogens with one attached hydrogen (secondary N) is 2. The van der Waals surface area contributed by atoms with Gasteiger partial charge in [0.15, 0.2) is 0 Å². The van der Waals surface area contributed by atoms with Crippen molar-refractivity contribution in [1.29, 1.82) is 0 Å². The molecule has 0 aliphatic carbocycles. The van der Waals surface area contributed by atoms with Crippen molar-refractivity contribution in [2.24, 2.45) is 5.92 Å². The van der Waals surface area contributed by atoms with Gasteiger partial charge < -0.3 is 20.1 Å². The fourth-order valence-corrected chi connectivity index (χ4v) is 2.19. The molecule has 1 fully saturated rings. The summed E-state index contributed by atoms with van der Waals surface area (Å²) in [6.07, 6.45) is 0.978. The van der Waals surface area contributed by atoms with Crippen LogP contribution >= 0.6 is 0 Å². The topological polar surface area (TPSA) is 59.6 Å². The number of rotatable bonds is 6. The predicted octanol–water partition coefficient (Wildman–Crippen LogP) is 1.65. The van der Waals surface area contributed by atoms with Crippen LogP contribution in [0.3, 0.4) is 0 Å². The van der Waals surface area contributed by atoms with E-state index in [4.69, 9.17) is 9.47 Å². The number of amides is 1. The van der Waals surface area contributed by atoms with E-state index >= 15 is 0 Å². The Bertz CT molecular complexity index is 433. The molecular formula is C15H22N2O3. The standard InChI is InChI=1S/C15H22N2O3/c1-3-8-20-12-6-4-11(5-7-12)17-15(18)13-9-19-10-14(13)16-2/h4-7,13-14,16H,3,8-10H2,1-2H3,(H,17,18). The van der Waals surface area contributed by atoms with Crippen LogP contribution in [-0.4, -0.2) is 38.8 Å². The normalized spacial score (nSPS) is 21.7. The zero-order chi connectivity index (χ0) is 14.4. The minimum absolute atomic E-state index is 0.0101. The summed E-state index contributed by atoms with van der Waals surface area (Å²) in [6.45, 7) is 3.82. The first-order chi connectivity index (χ1) is 9.74. The number of ether oxygens (including phenoxy) is 2. The molecule has 2 N–H and O–H groups in total. The van der Waals surface area contributed by atoms with Crippen molar-refractivity contribution in [3.63, 3.8) is 0 Å². The summed E-state index contributed by atoms with van der Waals surface area (Å²) in [5, 5.41) is 6.02. The van der Waals surface area contributed by atoms with Crippen LogP contribution in [0.2, 0.25) is 0 Å². The summed E-state index contributed by atoms with van der Waals surface area (Å²) in [7, 11) is 1.85. The van der Waals surface area contributed by atoms with Gasteiger partial charge in [0.25, 0.3) is 0 Å². The summed E-state index contributed by atoms with van der Waals surface area (Å²) < 4.78 is 10.8. The molecule has 0 spiro atoms. The molecule has 0 aromatic heterocycles. The molecule has 5 heteroatoms. The molecule has 110 valence electrons. The molecule has 2 unspecified atom stereocenters. The maximum absolute atomic E-state index is 12.2. The van der Waals surface area contributed by atoms with Crippen molar-refractivity contribution in [2.75, 3.05) is 32.2 Å². The lowest BCUT2D eigenvalue weighted by Gasteiger charge is -2.16. The molecule has 1 amide bonds. The number of anilines is 1. The third-order valence-corrected chi connectivity index (χ3v) is 3.38. The Balaban J connectivity index is 1.90. The molecule has 1 aromatic carbocycles. The van der Waals surface area contributed by atoms with Gasteiger partial charge in [-0.15, -0.1) is 0 Å². The highest BCUT2D eigenvalue weighted by molar-refractivity contribution is 5.93. The largest absolute Gasteiger partial charge is 0.494 e. The summed E-state index contributed by atoms with van der Waals surface area (Å²) >= 11 is 0. The van der Waals surface area contributed by atoms with Gasteiger partial charge in [0.2, 0.25) is 5.91 Å². The Labute approximate surface area is 119 Å². The van der Waals surface area contributed by atoms with Gasteiger partial charge >= 0.3 is 0 Å². The fourth-order valence-electron chi connectivity index (χ4n) is 2.19. The van der Waals surface area contributed by atoms with Gasteiger partial charge in [-0.3, -0.25) is 4.79 Å². The molecule has 2 rings (SSSR count). The van der Waals surface area contributed by atoms with Gasteiger partial charge in [-0.1, -0.05) is 6.92 Å². The van der Waals surface area contributed by atoms with Gasteiger partial charge in [-0.2, -0.15) is 0 Å². The molecule has 20 heavy (non-hydrogen) atoms. The highest BCUT2D eigenvalue weighted by atomic mass is 16.5. The second kappa shape index (κ2) is 7.26. The van der Waals surface area contributed by atoms with E-state index in [2.05, 4.69) is 17.6 Å². The number of carbonyl (C=O) groups is 1. The molecule has 1 heterocycles. The van der Waals surface area contributed by atoms with Crippen LogP contribution in [0, 0.1) is 5.92 Å². The van der Waals surface area contributed by atoms with Crippen molar-refractivity contribution in [3.05, 3.63) is 24.3 Å². The Hall–Kier alpha value is -1.59. The minimum atomic E-state index is -0.143. The zero-order valence-corrected chi connectivity index (χ0v) is 12.0. The molecule has 0 saturated carbocycles. The molecule has 0 bridgehead atoms. The van der Waals surface area contributed by atoms with E-state index < -0.39 is 0 Å². The minimum Gasteiger partial charge on any atom is -0.494 e. The van der Waals surface area contributed by atoms with E-state index in [1.165, 1.54) is 0 Å². The zero-order valence-electron chi connectivity index (χ0n) is 12.0. The van der Waals surface area contributed by atoms with Crippen molar-refractivity contribution < 1.29 is 14.3 Å². The lowest BCUT2D eigenvalue weighted by atomic mass is 10.0. The smallest absolute Gasteiger partial charge is 0.231 e. The van der Waals surface area contributed by atoms with Crippen LogP contribution in [0.4, 0.5) is 5.69 Å². The molecule has 1 aromatic rings. The first kappa shape index (κ1) is 14.8. The van der Waals surface area contributed by atoms with Crippen LogP contribution in [0.25, 0.3) is 0 Å². The molecule has 2 atom stereocenters. The summed E-state index contributed by atoms with van der Waals surface area (Å²) in [4.78, 5) is 12.2. The lowest BCUT2D eigenvalue weighted by molar-refractivity contribution is -0.120. The van der Waals surface area contributed by atoms with Gasteiger partial charge in [0.1, 0.15) is 5.75 Å². The number of hydrogen-bond donors (Lipinski definition) is 2. The first-order valence-corrected chi connectivity index (χ1v) is 7.03. The first-order valence-electron chi connectivity index (χ1n) is 7.03. The second-order valence-electron chi connectivity index (χ2n) is 4.90. The van der Waals surface area contributed by atoms with Crippen LogP contribution in [0.1, 0.15) is 13.3 Å². The number of likely N-dealkylation sites (N-methyl/N-ethyl adjacent to an activating group) is 1. The number of benzene rings is 1. The quantitative estimate of drug-likeness (QED) is 0.830. The van der Waals surface area contributed by atoms with Gasteiger partial charge in [-0.05, 0) is 37.7 Å². The summed E-state index contributed by atoms with van der Waals surface area (Å²) in [6, 6.07) is 7.53. The third-order valence-electron chi connectivity index (χ3n) is 3.38. The summed E-state index contributed by atoms with van der Waals surface area (Å²) in [5.74, 6) is 0.669. The fraction of sp³-hybridized carbons (Fsp3) is 0.533. The van der Waals surface area contributed by atoms with Crippen LogP contribution in [0.5, 0.6) is 5.75 Å². The van der Waals surface area contributed by atoms with Crippen molar-refractivity contribution in [1.82, 2.24) is 5.32 Å². The van der Waals surface area contributed by atoms with Gasteiger partial charge in [0, 0.05) is 11.7 Å². The molecule has 1 saturated heterocycles. The molecule has 0 radical (unpaired) electrons. The maximum Gasteiger partial charge on any atom is 0.231 e. The lowest BCUT2D eigenvalue weighted by Crippen LogP contribution is -2.39. The van der Waals surface area contributed by atoms with Crippen molar-refractivity contribution in [3.8, 4) is 5.75 Å². The van der Waals surface area contributed by atoms with E-state index in [1.807, 2.05) is 31.3 Å². The summed E-state index contributed by atoms with van der Waals surface area (Å²) in [5.41, 5.74) is 0.778. The SMILES string of the molecule is CCCOc1ccc(NC(=O)C2COCC2NC)cc1. The van der Waals surface area contributed by atoms with Gasteiger partial charge in [0.05, 0.1) is 25.7 Å². The molecule has 5 nitrogen and oxygen atoms in total. The maximum atomic E-state index is 12.2. The molecular weight excluding hydrogens is 256 g/mol. The predicted molar refractivity (Wildman–Crippen MR) is 78.0 cm³/mol. The Morgan fingerprint density at radius 2 is 2.10 bits per heavy atom. The second-order valence-corrected chi connectivity index (χ2v) is 4.90. The average Bonchev–Trinajstić information content (AvgIpc) is 2.95. The van der Waals surface area contributed by atoms with Crippen molar-refractivity contribution in [2.45, 2.75) is 19.4 Å². The van der Waals surface area contributed by atoms with E-state index in [9.17, 15) is 4.79 Å². The van der Waals surface area contributed by atoms with Crippen LogP contribution < -0.4 is 15.4 Å².